The van der Waals surface area contributed by atoms with Crippen LogP contribution in [-0.2, 0) is 20.7 Å². The second kappa shape index (κ2) is 10.2. The highest BCUT2D eigenvalue weighted by Gasteiger charge is 2.43. The zero-order chi connectivity index (χ0) is 23.3. The zero-order valence-corrected chi connectivity index (χ0v) is 18.5. The molecular formula is C25H28N2O5. The molecule has 7 nitrogen and oxygen atoms in total. The molecule has 2 aromatic carbocycles. The number of nitrogens with one attached hydrogen (secondary N) is 1. The highest BCUT2D eigenvalue weighted by Crippen LogP contribution is 2.26. The maximum absolute atomic E-state index is 13.4. The molecule has 1 N–H and O–H groups in total. The van der Waals surface area contributed by atoms with Crippen LogP contribution < -0.4 is 5.32 Å². The van der Waals surface area contributed by atoms with Crippen LogP contribution in [-0.4, -0.2) is 47.3 Å². The van der Waals surface area contributed by atoms with Gasteiger partial charge in [-0.1, -0.05) is 56.3 Å². The summed E-state index contributed by atoms with van der Waals surface area (Å²) in [7, 11) is 0. The third-order valence-corrected chi connectivity index (χ3v) is 5.31. The Morgan fingerprint density at radius 1 is 0.938 bits per heavy atom. The van der Waals surface area contributed by atoms with E-state index in [4.69, 9.17) is 4.74 Å². The van der Waals surface area contributed by atoms with Crippen molar-refractivity contribution < 1.29 is 23.9 Å². The second-order valence-corrected chi connectivity index (χ2v) is 8.17. The lowest BCUT2D eigenvalue weighted by Gasteiger charge is -2.28. The van der Waals surface area contributed by atoms with Gasteiger partial charge in [0.2, 0.25) is 5.91 Å². The number of nitrogens with zero attached hydrogens (tertiary/aromatic N) is 1. The van der Waals surface area contributed by atoms with Crippen molar-refractivity contribution in [3.63, 3.8) is 0 Å². The van der Waals surface area contributed by atoms with E-state index >= 15 is 0 Å². The first kappa shape index (κ1) is 23.2. The van der Waals surface area contributed by atoms with Gasteiger partial charge in [0.05, 0.1) is 17.7 Å². The van der Waals surface area contributed by atoms with Crippen LogP contribution >= 0.6 is 0 Å². The Bertz CT molecular complexity index is 967. The molecule has 2 atom stereocenters. The molecule has 0 fully saturated rings. The van der Waals surface area contributed by atoms with Crippen LogP contribution in [0.25, 0.3) is 0 Å². The van der Waals surface area contributed by atoms with E-state index in [2.05, 4.69) is 5.32 Å². The summed E-state index contributed by atoms with van der Waals surface area (Å²) in [5.41, 5.74) is 1.33. The summed E-state index contributed by atoms with van der Waals surface area (Å²) in [6, 6.07) is 13.7. The maximum atomic E-state index is 13.4. The van der Waals surface area contributed by atoms with Gasteiger partial charge in [-0.2, -0.15) is 0 Å². The molecule has 0 spiro atoms. The molecule has 168 valence electrons. The van der Waals surface area contributed by atoms with E-state index in [0.717, 1.165) is 10.5 Å². The highest BCUT2D eigenvalue weighted by atomic mass is 16.5. The molecule has 1 heterocycles. The number of esters is 1. The number of carbonyl (C=O) groups excluding carboxylic acids is 4. The van der Waals surface area contributed by atoms with Crippen molar-refractivity contribution in [1.29, 1.82) is 0 Å². The Morgan fingerprint density at radius 3 is 2.03 bits per heavy atom. The molecule has 0 bridgehead atoms. The number of rotatable bonds is 9. The first-order valence-corrected chi connectivity index (χ1v) is 10.8. The van der Waals surface area contributed by atoms with Crippen molar-refractivity contribution in [3.8, 4) is 0 Å². The van der Waals surface area contributed by atoms with Gasteiger partial charge >= 0.3 is 5.97 Å². The molecule has 32 heavy (non-hydrogen) atoms. The van der Waals surface area contributed by atoms with Gasteiger partial charge in [0, 0.05) is 6.42 Å². The number of amides is 3. The van der Waals surface area contributed by atoms with Gasteiger partial charge < -0.3 is 10.1 Å². The van der Waals surface area contributed by atoms with Gasteiger partial charge in [0.25, 0.3) is 11.8 Å². The topological polar surface area (TPSA) is 92.8 Å². The number of benzene rings is 2. The van der Waals surface area contributed by atoms with E-state index in [9.17, 15) is 19.2 Å². The third-order valence-electron chi connectivity index (χ3n) is 5.31. The van der Waals surface area contributed by atoms with Crippen LogP contribution in [0.1, 0.15) is 53.5 Å². The number of hydrogen-bond acceptors (Lipinski definition) is 5. The fourth-order valence-corrected chi connectivity index (χ4v) is 3.83. The minimum atomic E-state index is -1.10. The summed E-state index contributed by atoms with van der Waals surface area (Å²) >= 11 is 0. The molecule has 1 aliphatic rings. The minimum Gasteiger partial charge on any atom is -0.464 e. The van der Waals surface area contributed by atoms with Crippen LogP contribution in [0.15, 0.2) is 54.6 Å². The summed E-state index contributed by atoms with van der Waals surface area (Å²) in [6.07, 6.45) is 0.514. The molecular weight excluding hydrogens is 408 g/mol. The summed E-state index contributed by atoms with van der Waals surface area (Å²) < 4.78 is 5.12. The van der Waals surface area contributed by atoms with Gasteiger partial charge in [0.1, 0.15) is 12.1 Å². The Balaban J connectivity index is 1.92. The molecule has 0 saturated heterocycles. The average molecular weight is 437 g/mol. The smallest absolute Gasteiger partial charge is 0.328 e. The average Bonchev–Trinajstić information content (AvgIpc) is 3.02. The Labute approximate surface area is 187 Å². The van der Waals surface area contributed by atoms with E-state index in [1.54, 1.807) is 31.2 Å². The Hall–Kier alpha value is -3.48. The fraction of sp³-hybridized carbons (Fsp3) is 0.360. The number of ether oxygens (including phenoxy) is 1. The molecule has 0 aromatic heterocycles. The van der Waals surface area contributed by atoms with Gasteiger partial charge in [-0.3, -0.25) is 19.3 Å². The van der Waals surface area contributed by atoms with E-state index < -0.39 is 35.8 Å². The molecule has 0 aliphatic carbocycles. The number of fused-ring (bicyclic) bond motifs is 1. The van der Waals surface area contributed by atoms with Crippen LogP contribution in [0.2, 0.25) is 0 Å². The van der Waals surface area contributed by atoms with Crippen LogP contribution in [0, 0.1) is 5.92 Å². The first-order valence-electron chi connectivity index (χ1n) is 10.8. The minimum absolute atomic E-state index is 0.122. The number of carbonyl (C=O) groups is 4. The van der Waals surface area contributed by atoms with Crippen molar-refractivity contribution in [2.45, 2.75) is 45.7 Å². The van der Waals surface area contributed by atoms with E-state index in [1.165, 1.54) is 0 Å². The van der Waals surface area contributed by atoms with Crippen molar-refractivity contribution >= 4 is 23.7 Å². The van der Waals surface area contributed by atoms with Crippen LogP contribution in [0.5, 0.6) is 0 Å². The molecule has 7 heteroatoms. The van der Waals surface area contributed by atoms with Crippen molar-refractivity contribution in [2.75, 3.05) is 6.61 Å². The summed E-state index contributed by atoms with van der Waals surface area (Å²) in [4.78, 5) is 53.0. The Kier molecular flexibility index (Phi) is 7.41. The standard InChI is InChI=1S/C25H28N2O5/c1-4-32-25(31)20(14-16(2)3)26-22(28)21(15-17-10-6-5-7-11-17)27-23(29)18-12-8-9-13-19(18)24(27)30/h5-13,16,20-21H,4,14-15H2,1-3H3,(H,26,28)/t20-,21-/m0/s1. The van der Waals surface area contributed by atoms with Crippen molar-refractivity contribution in [1.82, 2.24) is 10.2 Å². The highest BCUT2D eigenvalue weighted by molar-refractivity contribution is 6.22. The Morgan fingerprint density at radius 2 is 1.50 bits per heavy atom. The molecule has 3 rings (SSSR count). The predicted octanol–water partition coefficient (Wildman–Crippen LogP) is 2.99. The summed E-state index contributed by atoms with van der Waals surface area (Å²) in [5, 5.41) is 2.74. The van der Waals surface area contributed by atoms with Crippen LogP contribution in [0.4, 0.5) is 0 Å². The largest absolute Gasteiger partial charge is 0.464 e. The van der Waals surface area contributed by atoms with Crippen LogP contribution in [0.3, 0.4) is 0 Å². The predicted molar refractivity (Wildman–Crippen MR) is 119 cm³/mol. The molecule has 0 radical (unpaired) electrons. The van der Waals surface area contributed by atoms with Gasteiger partial charge in [0.15, 0.2) is 0 Å². The molecule has 0 saturated carbocycles. The quantitative estimate of drug-likeness (QED) is 0.482. The lowest BCUT2D eigenvalue weighted by Crippen LogP contribution is -2.54. The van der Waals surface area contributed by atoms with E-state index in [1.807, 2.05) is 44.2 Å². The second-order valence-electron chi connectivity index (χ2n) is 8.17. The van der Waals surface area contributed by atoms with Crippen molar-refractivity contribution in [3.05, 3.63) is 71.3 Å². The maximum Gasteiger partial charge on any atom is 0.328 e. The SMILES string of the molecule is CCOC(=O)[C@H](CC(C)C)NC(=O)[C@H](Cc1ccccc1)N1C(=O)c2ccccc2C1=O. The normalized spacial score (nSPS) is 14.8. The van der Waals surface area contributed by atoms with E-state index in [-0.39, 0.29) is 30.1 Å². The fourth-order valence-electron chi connectivity index (χ4n) is 3.83. The van der Waals surface area contributed by atoms with Crippen molar-refractivity contribution in [2.24, 2.45) is 5.92 Å². The van der Waals surface area contributed by atoms with Gasteiger partial charge in [-0.25, -0.2) is 4.79 Å². The lowest BCUT2D eigenvalue weighted by molar-refractivity contribution is -0.148. The number of imide groups is 1. The summed E-state index contributed by atoms with van der Waals surface area (Å²) in [6.45, 7) is 5.76. The summed E-state index contributed by atoms with van der Waals surface area (Å²) in [5.74, 6) is -2.01. The van der Waals surface area contributed by atoms with E-state index in [0.29, 0.717) is 6.42 Å². The molecule has 3 amide bonds. The molecule has 1 aliphatic heterocycles. The third kappa shape index (κ3) is 5.04. The molecule has 0 unspecified atom stereocenters. The van der Waals surface area contributed by atoms with Gasteiger partial charge in [-0.15, -0.1) is 0 Å². The first-order chi connectivity index (χ1) is 15.3. The zero-order valence-electron chi connectivity index (χ0n) is 18.5. The lowest BCUT2D eigenvalue weighted by atomic mass is 10.0. The monoisotopic (exact) mass is 436 g/mol. The molecule has 2 aromatic rings. The number of hydrogen-bond donors (Lipinski definition) is 1. The van der Waals surface area contributed by atoms with Gasteiger partial charge in [-0.05, 0) is 37.0 Å².